The number of nitrogens with two attached hydrogens (primary N) is 1. The second kappa shape index (κ2) is 7.40. The number of hydrogen-bond acceptors (Lipinski definition) is 4. The molecule has 1 heterocycles. The zero-order valence-corrected chi connectivity index (χ0v) is 14.4. The predicted molar refractivity (Wildman–Crippen MR) is 85.5 cm³/mol. The Kier molecular flexibility index (Phi) is 6.40. The fraction of sp³-hybridized carbons (Fsp3) is 0.714. The van der Waals surface area contributed by atoms with Gasteiger partial charge >= 0.3 is 0 Å². The molecule has 0 amide bonds. The van der Waals surface area contributed by atoms with E-state index in [-0.39, 0.29) is 4.90 Å². The van der Waals surface area contributed by atoms with Gasteiger partial charge in [0.05, 0.1) is 4.90 Å². The van der Waals surface area contributed by atoms with E-state index in [0.29, 0.717) is 31.7 Å². The second-order valence-electron chi connectivity index (χ2n) is 5.81. The van der Waals surface area contributed by atoms with Gasteiger partial charge in [0.25, 0.3) is 0 Å². The molecular weight excluding hydrogens is 288 g/mol. The minimum Gasteiger partial charge on any atom is -0.352 e. The SMILES string of the molecule is CC(C)N(CCNS(=O)(=O)c1cc(CN)n(C)c1)C(C)C. The molecule has 0 bridgehead atoms. The average molecular weight is 316 g/mol. The summed E-state index contributed by atoms with van der Waals surface area (Å²) in [5.74, 6) is 0. The summed E-state index contributed by atoms with van der Waals surface area (Å²) in [6, 6.07) is 2.38. The first-order valence-corrected chi connectivity index (χ1v) is 8.78. The molecule has 1 rings (SSSR count). The number of sulfonamides is 1. The summed E-state index contributed by atoms with van der Waals surface area (Å²) in [6.45, 7) is 9.84. The molecule has 21 heavy (non-hydrogen) atoms. The molecule has 0 saturated heterocycles. The van der Waals surface area contributed by atoms with Gasteiger partial charge in [-0.15, -0.1) is 0 Å². The summed E-state index contributed by atoms with van der Waals surface area (Å²) in [5, 5.41) is 0. The van der Waals surface area contributed by atoms with Crippen LogP contribution in [0, 0.1) is 0 Å². The van der Waals surface area contributed by atoms with Crippen molar-refractivity contribution in [1.29, 1.82) is 0 Å². The van der Waals surface area contributed by atoms with E-state index < -0.39 is 10.0 Å². The van der Waals surface area contributed by atoms with Gasteiger partial charge in [0.2, 0.25) is 10.0 Å². The van der Waals surface area contributed by atoms with Crippen LogP contribution in [0.5, 0.6) is 0 Å². The highest BCUT2D eigenvalue weighted by Crippen LogP contribution is 2.13. The Labute approximate surface area is 128 Å². The molecule has 3 N–H and O–H groups in total. The van der Waals surface area contributed by atoms with Crippen molar-refractivity contribution in [2.24, 2.45) is 12.8 Å². The number of rotatable bonds is 8. The lowest BCUT2D eigenvalue weighted by molar-refractivity contribution is 0.179. The maximum Gasteiger partial charge on any atom is 0.242 e. The molecule has 0 radical (unpaired) electrons. The first kappa shape index (κ1) is 18.2. The van der Waals surface area contributed by atoms with Crippen LogP contribution >= 0.6 is 0 Å². The van der Waals surface area contributed by atoms with Crippen LogP contribution in [-0.4, -0.2) is 43.1 Å². The van der Waals surface area contributed by atoms with Crippen molar-refractivity contribution in [3.8, 4) is 0 Å². The van der Waals surface area contributed by atoms with Crippen LogP contribution in [0.2, 0.25) is 0 Å². The van der Waals surface area contributed by atoms with Crippen LogP contribution in [0.3, 0.4) is 0 Å². The highest BCUT2D eigenvalue weighted by atomic mass is 32.2. The maximum atomic E-state index is 12.3. The van der Waals surface area contributed by atoms with Crippen molar-refractivity contribution >= 4 is 10.0 Å². The average Bonchev–Trinajstić information content (AvgIpc) is 2.75. The van der Waals surface area contributed by atoms with Crippen LogP contribution in [0.4, 0.5) is 0 Å². The smallest absolute Gasteiger partial charge is 0.242 e. The van der Waals surface area contributed by atoms with Gasteiger partial charge in [-0.25, -0.2) is 13.1 Å². The molecule has 0 fully saturated rings. The number of nitrogens with zero attached hydrogens (tertiary/aromatic N) is 2. The molecule has 0 aliphatic heterocycles. The zero-order valence-electron chi connectivity index (χ0n) is 13.6. The Morgan fingerprint density at radius 2 is 1.86 bits per heavy atom. The lowest BCUT2D eigenvalue weighted by atomic mass is 10.2. The summed E-state index contributed by atoms with van der Waals surface area (Å²) < 4.78 is 28.9. The van der Waals surface area contributed by atoms with Crippen molar-refractivity contribution in [3.63, 3.8) is 0 Å². The van der Waals surface area contributed by atoms with E-state index in [1.807, 2.05) is 0 Å². The Morgan fingerprint density at radius 3 is 2.29 bits per heavy atom. The van der Waals surface area contributed by atoms with Crippen molar-refractivity contribution in [1.82, 2.24) is 14.2 Å². The van der Waals surface area contributed by atoms with Gasteiger partial charge in [-0.3, -0.25) is 4.90 Å². The quantitative estimate of drug-likeness (QED) is 0.746. The number of nitrogens with one attached hydrogen (secondary N) is 1. The van der Waals surface area contributed by atoms with Crippen LogP contribution in [-0.2, 0) is 23.6 Å². The zero-order chi connectivity index (χ0) is 16.2. The molecule has 122 valence electrons. The Bertz CT molecular complexity index is 541. The van der Waals surface area contributed by atoms with Gasteiger partial charge in [-0.05, 0) is 33.8 Å². The van der Waals surface area contributed by atoms with E-state index in [2.05, 4.69) is 37.3 Å². The molecule has 0 atom stereocenters. The van der Waals surface area contributed by atoms with E-state index >= 15 is 0 Å². The maximum absolute atomic E-state index is 12.3. The lowest BCUT2D eigenvalue weighted by Crippen LogP contribution is -2.42. The van der Waals surface area contributed by atoms with Gasteiger partial charge < -0.3 is 10.3 Å². The van der Waals surface area contributed by atoms with E-state index in [4.69, 9.17) is 5.73 Å². The first-order valence-electron chi connectivity index (χ1n) is 7.29. The summed E-state index contributed by atoms with van der Waals surface area (Å²) in [5.41, 5.74) is 6.36. The van der Waals surface area contributed by atoms with Crippen molar-refractivity contribution in [2.75, 3.05) is 13.1 Å². The largest absolute Gasteiger partial charge is 0.352 e. The van der Waals surface area contributed by atoms with Gasteiger partial charge in [0, 0.05) is 50.7 Å². The molecule has 0 spiro atoms. The van der Waals surface area contributed by atoms with Gasteiger partial charge in [0.1, 0.15) is 0 Å². The molecule has 6 nitrogen and oxygen atoms in total. The fourth-order valence-corrected chi connectivity index (χ4v) is 3.55. The van der Waals surface area contributed by atoms with E-state index in [1.54, 1.807) is 23.9 Å². The standard InChI is InChI=1S/C14H28N4O2S/c1-11(2)18(12(3)4)7-6-16-21(19,20)14-8-13(9-15)17(5)10-14/h8,10-12,16H,6-7,9,15H2,1-5H3. The van der Waals surface area contributed by atoms with Gasteiger partial charge in [-0.1, -0.05) is 0 Å². The molecule has 0 unspecified atom stereocenters. The third-order valence-electron chi connectivity index (χ3n) is 3.59. The molecule has 0 aliphatic carbocycles. The van der Waals surface area contributed by atoms with Gasteiger partial charge in [0.15, 0.2) is 0 Å². The highest BCUT2D eigenvalue weighted by molar-refractivity contribution is 7.89. The third kappa shape index (κ3) is 4.81. The summed E-state index contributed by atoms with van der Waals surface area (Å²) in [7, 11) is -1.68. The first-order chi connectivity index (χ1) is 9.69. The molecule has 0 aromatic carbocycles. The van der Waals surface area contributed by atoms with E-state index in [9.17, 15) is 8.42 Å². The van der Waals surface area contributed by atoms with Crippen molar-refractivity contribution in [3.05, 3.63) is 18.0 Å². The Balaban J connectivity index is 2.68. The predicted octanol–water partition coefficient (Wildman–Crippen LogP) is 0.881. The summed E-state index contributed by atoms with van der Waals surface area (Å²) in [6.07, 6.45) is 1.59. The fourth-order valence-electron chi connectivity index (χ4n) is 2.43. The minimum atomic E-state index is -3.47. The van der Waals surface area contributed by atoms with E-state index in [1.165, 1.54) is 0 Å². The molecule has 1 aromatic rings. The monoisotopic (exact) mass is 316 g/mol. The topological polar surface area (TPSA) is 80.4 Å². The molecule has 7 heteroatoms. The normalized spacial score (nSPS) is 12.8. The van der Waals surface area contributed by atoms with Crippen LogP contribution in [0.1, 0.15) is 33.4 Å². The molecule has 1 aromatic heterocycles. The number of hydrogen-bond donors (Lipinski definition) is 2. The Hall–Kier alpha value is -0.890. The van der Waals surface area contributed by atoms with Crippen LogP contribution in [0.25, 0.3) is 0 Å². The van der Waals surface area contributed by atoms with Gasteiger partial charge in [-0.2, -0.15) is 0 Å². The number of aryl methyl sites for hydroxylation is 1. The van der Waals surface area contributed by atoms with Crippen molar-refractivity contribution in [2.45, 2.75) is 51.2 Å². The molecular formula is C14H28N4O2S. The van der Waals surface area contributed by atoms with Crippen LogP contribution < -0.4 is 10.5 Å². The number of aromatic nitrogens is 1. The lowest BCUT2D eigenvalue weighted by Gasteiger charge is -2.30. The highest BCUT2D eigenvalue weighted by Gasteiger charge is 2.18. The van der Waals surface area contributed by atoms with Crippen LogP contribution in [0.15, 0.2) is 17.2 Å². The second-order valence-corrected chi connectivity index (χ2v) is 7.57. The summed E-state index contributed by atoms with van der Waals surface area (Å²) >= 11 is 0. The Morgan fingerprint density at radius 1 is 1.29 bits per heavy atom. The van der Waals surface area contributed by atoms with Crippen molar-refractivity contribution < 1.29 is 8.42 Å². The third-order valence-corrected chi connectivity index (χ3v) is 5.02. The molecule has 0 aliphatic rings. The summed E-state index contributed by atoms with van der Waals surface area (Å²) in [4.78, 5) is 2.52. The van der Waals surface area contributed by atoms with E-state index in [0.717, 1.165) is 5.69 Å². The minimum absolute atomic E-state index is 0.270. The molecule has 0 saturated carbocycles.